The van der Waals surface area contributed by atoms with E-state index in [0.717, 1.165) is 53.9 Å². The zero-order chi connectivity index (χ0) is 22.5. The average Bonchev–Trinajstić information content (AvgIpc) is 3.03. The van der Waals surface area contributed by atoms with Gasteiger partial charge in [-0.3, -0.25) is 14.5 Å². The molecule has 2 aromatic rings. The van der Waals surface area contributed by atoms with Crippen molar-refractivity contribution in [2.75, 3.05) is 37.0 Å². The summed E-state index contributed by atoms with van der Waals surface area (Å²) >= 11 is 3.48. The number of hydrogen-bond donors (Lipinski definition) is 1. The lowest BCUT2D eigenvalue weighted by atomic mass is 10.1. The lowest BCUT2D eigenvalue weighted by Gasteiger charge is -2.31. The van der Waals surface area contributed by atoms with Gasteiger partial charge in [-0.25, -0.2) is 4.90 Å². The minimum absolute atomic E-state index is 0.290. The highest BCUT2D eigenvalue weighted by atomic mass is 79.9. The molecular formula is C25H28BrN3O3. The van der Waals surface area contributed by atoms with E-state index in [2.05, 4.69) is 33.2 Å². The topological polar surface area (TPSA) is 61.9 Å². The molecule has 0 unspecified atom stereocenters. The third-order valence-electron chi connectivity index (χ3n) is 6.11. The lowest BCUT2D eigenvalue weighted by molar-refractivity contribution is -0.119. The van der Waals surface area contributed by atoms with Crippen molar-refractivity contribution in [1.29, 1.82) is 0 Å². The summed E-state index contributed by atoms with van der Waals surface area (Å²) in [5.41, 5.74) is 4.24. The molecule has 4 rings (SSSR count). The predicted molar refractivity (Wildman–Crippen MR) is 131 cm³/mol. The van der Waals surface area contributed by atoms with E-state index < -0.39 is 0 Å². The molecule has 0 spiro atoms. The number of nitrogens with one attached hydrogen (secondary N) is 1. The molecule has 2 aromatic carbocycles. The third kappa shape index (κ3) is 5.28. The Morgan fingerprint density at radius 3 is 2.66 bits per heavy atom. The van der Waals surface area contributed by atoms with Gasteiger partial charge in [-0.1, -0.05) is 28.1 Å². The molecule has 0 bridgehead atoms. The summed E-state index contributed by atoms with van der Waals surface area (Å²) in [4.78, 5) is 28.6. The fourth-order valence-corrected chi connectivity index (χ4v) is 4.64. The van der Waals surface area contributed by atoms with Crippen molar-refractivity contribution in [2.24, 2.45) is 0 Å². The molecule has 2 amide bonds. The Bertz CT molecular complexity index is 1000. The lowest BCUT2D eigenvalue weighted by Crippen LogP contribution is -2.36. The van der Waals surface area contributed by atoms with Crippen molar-refractivity contribution in [2.45, 2.75) is 31.8 Å². The zero-order valence-electron chi connectivity index (χ0n) is 18.2. The highest BCUT2D eigenvalue weighted by Crippen LogP contribution is 2.28. The Morgan fingerprint density at radius 2 is 1.94 bits per heavy atom. The minimum atomic E-state index is -0.290. The van der Waals surface area contributed by atoms with E-state index in [9.17, 15) is 9.59 Å². The quantitative estimate of drug-likeness (QED) is 0.597. The smallest absolute Gasteiger partial charge is 0.260 e. The summed E-state index contributed by atoms with van der Waals surface area (Å²) in [6, 6.07) is 14.1. The first kappa shape index (κ1) is 22.7. The Balaban J connectivity index is 1.48. The van der Waals surface area contributed by atoms with Crippen molar-refractivity contribution < 1.29 is 14.3 Å². The molecule has 168 valence electrons. The van der Waals surface area contributed by atoms with Crippen LogP contribution in [-0.2, 0) is 20.9 Å². The highest BCUT2D eigenvalue weighted by molar-refractivity contribution is 9.10. The standard InChI is InChI=1S/C25H28BrN3O3/c1-28(22-9-12-32-13-10-22)16-18-2-5-23(6-3-18)29(17-30)25(31)19-8-11-27-24-7-4-21(26)15-20(24)14-19/h2-7,14-15,17,22,27H,8-13,16H2,1H3. The van der Waals surface area contributed by atoms with E-state index in [0.29, 0.717) is 36.7 Å². The summed E-state index contributed by atoms with van der Waals surface area (Å²) in [5, 5.41) is 3.34. The normalized spacial score (nSPS) is 16.5. The van der Waals surface area contributed by atoms with Crippen LogP contribution in [0.15, 0.2) is 52.5 Å². The molecule has 1 saturated heterocycles. The van der Waals surface area contributed by atoms with Crippen molar-refractivity contribution in [1.82, 2.24) is 4.90 Å². The Morgan fingerprint density at radius 1 is 1.19 bits per heavy atom. The summed E-state index contributed by atoms with van der Waals surface area (Å²) in [7, 11) is 2.13. The third-order valence-corrected chi connectivity index (χ3v) is 6.61. The van der Waals surface area contributed by atoms with Gasteiger partial charge in [0.05, 0.1) is 5.69 Å². The molecule has 0 aromatic heterocycles. The number of fused-ring (bicyclic) bond motifs is 1. The van der Waals surface area contributed by atoms with E-state index in [1.807, 2.05) is 48.5 Å². The molecule has 1 N–H and O–H groups in total. The van der Waals surface area contributed by atoms with Crippen LogP contribution in [0, 0.1) is 0 Å². The van der Waals surface area contributed by atoms with E-state index >= 15 is 0 Å². The molecular weight excluding hydrogens is 470 g/mol. The number of halogens is 1. The number of nitrogens with zero attached hydrogens (tertiary/aromatic N) is 2. The average molecular weight is 498 g/mol. The van der Waals surface area contributed by atoms with E-state index in [-0.39, 0.29) is 5.91 Å². The van der Waals surface area contributed by atoms with Crippen LogP contribution in [0.5, 0.6) is 0 Å². The number of rotatable bonds is 6. The van der Waals surface area contributed by atoms with Gasteiger partial charge in [-0.05, 0) is 73.8 Å². The van der Waals surface area contributed by atoms with Crippen molar-refractivity contribution in [3.05, 3.63) is 63.6 Å². The van der Waals surface area contributed by atoms with Crippen LogP contribution in [0.2, 0.25) is 0 Å². The molecule has 0 saturated carbocycles. The van der Waals surface area contributed by atoms with Gasteiger partial charge in [0.25, 0.3) is 5.91 Å². The molecule has 32 heavy (non-hydrogen) atoms. The maximum atomic E-state index is 13.2. The number of benzene rings is 2. The van der Waals surface area contributed by atoms with Crippen LogP contribution < -0.4 is 10.2 Å². The van der Waals surface area contributed by atoms with E-state index in [1.165, 1.54) is 4.90 Å². The predicted octanol–water partition coefficient (Wildman–Crippen LogP) is 4.45. The molecule has 0 atom stereocenters. The molecule has 2 heterocycles. The van der Waals surface area contributed by atoms with Gasteiger partial charge in [0.1, 0.15) is 0 Å². The van der Waals surface area contributed by atoms with Crippen LogP contribution in [0.1, 0.15) is 30.4 Å². The van der Waals surface area contributed by atoms with Gasteiger partial charge in [0, 0.05) is 48.1 Å². The fraction of sp³-hybridized carbons (Fsp3) is 0.360. The van der Waals surface area contributed by atoms with Crippen LogP contribution in [0.4, 0.5) is 11.4 Å². The number of hydrogen-bond acceptors (Lipinski definition) is 5. The SMILES string of the molecule is CN(Cc1ccc(N(C=O)C(=O)C2=Cc3cc(Br)ccc3NCC2)cc1)C1CCOCC1. The summed E-state index contributed by atoms with van der Waals surface area (Å²) in [5.74, 6) is -0.290. The second kappa shape index (κ2) is 10.4. The van der Waals surface area contributed by atoms with Crippen LogP contribution in [0.25, 0.3) is 6.08 Å². The largest absolute Gasteiger partial charge is 0.384 e. The molecule has 2 aliphatic heterocycles. The minimum Gasteiger partial charge on any atom is -0.384 e. The van der Waals surface area contributed by atoms with Crippen molar-refractivity contribution in [3.8, 4) is 0 Å². The van der Waals surface area contributed by atoms with Gasteiger partial charge in [0.15, 0.2) is 0 Å². The highest BCUT2D eigenvalue weighted by Gasteiger charge is 2.22. The summed E-state index contributed by atoms with van der Waals surface area (Å²) in [6.45, 7) is 3.09. The van der Waals surface area contributed by atoms with Gasteiger partial charge in [-0.2, -0.15) is 0 Å². The molecule has 7 heteroatoms. The Kier molecular flexibility index (Phi) is 7.40. The van der Waals surface area contributed by atoms with Gasteiger partial charge in [-0.15, -0.1) is 0 Å². The second-order valence-corrected chi connectivity index (χ2v) is 9.20. The Hall–Kier alpha value is -2.48. The van der Waals surface area contributed by atoms with Crippen LogP contribution in [0.3, 0.4) is 0 Å². The molecule has 1 fully saturated rings. The summed E-state index contributed by atoms with van der Waals surface area (Å²) < 4.78 is 6.39. The zero-order valence-corrected chi connectivity index (χ0v) is 19.8. The number of carbonyl (C=O) groups excluding carboxylic acids is 2. The number of imide groups is 1. The number of carbonyl (C=O) groups is 2. The molecule has 2 aliphatic rings. The van der Waals surface area contributed by atoms with E-state index in [4.69, 9.17) is 4.74 Å². The first-order chi connectivity index (χ1) is 15.5. The number of amides is 2. The number of anilines is 2. The molecule has 0 radical (unpaired) electrons. The van der Waals surface area contributed by atoms with Crippen molar-refractivity contribution >= 4 is 45.7 Å². The number of ether oxygens (including phenoxy) is 1. The van der Waals surface area contributed by atoms with Gasteiger partial charge >= 0.3 is 0 Å². The van der Waals surface area contributed by atoms with Crippen LogP contribution >= 0.6 is 15.9 Å². The maximum Gasteiger partial charge on any atom is 0.260 e. The fourth-order valence-electron chi connectivity index (χ4n) is 4.26. The second-order valence-electron chi connectivity index (χ2n) is 8.28. The van der Waals surface area contributed by atoms with Gasteiger partial charge in [0.2, 0.25) is 6.41 Å². The molecule has 6 nitrogen and oxygen atoms in total. The first-order valence-corrected chi connectivity index (χ1v) is 11.7. The summed E-state index contributed by atoms with van der Waals surface area (Å²) in [6.07, 6.45) is 5.11. The maximum absolute atomic E-state index is 13.2. The Labute approximate surface area is 197 Å². The van der Waals surface area contributed by atoms with Gasteiger partial charge < -0.3 is 10.1 Å². The van der Waals surface area contributed by atoms with E-state index in [1.54, 1.807) is 0 Å². The first-order valence-electron chi connectivity index (χ1n) is 10.9. The van der Waals surface area contributed by atoms with Crippen LogP contribution in [-0.4, -0.2) is 50.1 Å². The molecule has 0 aliphatic carbocycles. The van der Waals surface area contributed by atoms with Crippen molar-refractivity contribution in [3.63, 3.8) is 0 Å². The monoisotopic (exact) mass is 497 g/mol.